The maximum absolute atomic E-state index is 11.8. The number of rotatable bonds is 4. The molecule has 118 valence electrons. The lowest BCUT2D eigenvalue weighted by atomic mass is 9.86. The summed E-state index contributed by atoms with van der Waals surface area (Å²) in [6, 6.07) is 1.98. The van der Waals surface area contributed by atoms with E-state index in [2.05, 4.69) is 15.4 Å². The van der Waals surface area contributed by atoms with E-state index in [9.17, 15) is 4.79 Å². The van der Waals surface area contributed by atoms with Crippen LogP contribution in [0.25, 0.3) is 4.96 Å². The van der Waals surface area contributed by atoms with Crippen molar-refractivity contribution < 1.29 is 0 Å². The van der Waals surface area contributed by atoms with Crippen molar-refractivity contribution in [3.63, 3.8) is 0 Å². The van der Waals surface area contributed by atoms with Gasteiger partial charge in [0.05, 0.1) is 0 Å². The van der Waals surface area contributed by atoms with Gasteiger partial charge in [0, 0.05) is 18.3 Å². The van der Waals surface area contributed by atoms with Gasteiger partial charge < -0.3 is 5.32 Å². The highest BCUT2D eigenvalue weighted by Crippen LogP contribution is 2.39. The summed E-state index contributed by atoms with van der Waals surface area (Å²) in [5.74, 6) is 1.53. The Morgan fingerprint density at radius 2 is 1.77 bits per heavy atom. The first-order chi connectivity index (χ1) is 10.8. The van der Waals surface area contributed by atoms with Gasteiger partial charge in [-0.3, -0.25) is 4.79 Å². The monoisotopic (exact) mass is 318 g/mol. The summed E-state index contributed by atoms with van der Waals surface area (Å²) in [6.45, 7) is 0. The lowest BCUT2D eigenvalue weighted by molar-refractivity contribution is 0.338. The smallest absolute Gasteiger partial charge is 0.275 e. The summed E-state index contributed by atoms with van der Waals surface area (Å²) in [4.78, 5) is 16.7. The summed E-state index contributed by atoms with van der Waals surface area (Å²) in [5.41, 5.74) is -0.104. The van der Waals surface area contributed by atoms with E-state index in [1.54, 1.807) is 6.20 Å². The van der Waals surface area contributed by atoms with Gasteiger partial charge >= 0.3 is 0 Å². The highest BCUT2D eigenvalue weighted by Gasteiger charge is 2.33. The first-order valence-corrected chi connectivity index (χ1v) is 9.24. The lowest BCUT2D eigenvalue weighted by Gasteiger charge is -2.29. The van der Waals surface area contributed by atoms with Gasteiger partial charge in [0.2, 0.25) is 10.1 Å². The third kappa shape index (κ3) is 2.64. The molecule has 0 atom stereocenters. The standard InChI is InChI=1S/C16H22N4OS/c21-13-9-10-17-16-20(13)19-15(22-16)18-14(11-5-1-2-6-11)12-7-3-4-8-12/h9-12,14H,1-8H2,(H,18,19). The number of fused-ring (bicyclic) bond motifs is 1. The van der Waals surface area contributed by atoms with Crippen LogP contribution in [-0.4, -0.2) is 20.6 Å². The van der Waals surface area contributed by atoms with E-state index in [0.717, 1.165) is 17.0 Å². The van der Waals surface area contributed by atoms with Crippen molar-refractivity contribution in [2.24, 2.45) is 11.8 Å². The summed E-state index contributed by atoms with van der Waals surface area (Å²) in [7, 11) is 0. The van der Waals surface area contributed by atoms with Crippen LogP contribution in [-0.2, 0) is 0 Å². The molecule has 1 N–H and O–H groups in total. The van der Waals surface area contributed by atoms with Crippen LogP contribution in [0.5, 0.6) is 0 Å². The minimum absolute atomic E-state index is 0.104. The van der Waals surface area contributed by atoms with Gasteiger partial charge in [-0.15, -0.1) is 5.10 Å². The second-order valence-electron chi connectivity index (χ2n) is 6.64. The van der Waals surface area contributed by atoms with Crippen LogP contribution >= 0.6 is 11.3 Å². The van der Waals surface area contributed by atoms with Gasteiger partial charge in [-0.2, -0.15) is 4.52 Å². The normalized spacial score (nSPS) is 20.4. The fourth-order valence-electron chi connectivity index (χ4n) is 4.20. The maximum Gasteiger partial charge on any atom is 0.275 e. The van der Waals surface area contributed by atoms with E-state index in [0.29, 0.717) is 11.0 Å². The number of nitrogens with zero attached hydrogens (tertiary/aromatic N) is 3. The average Bonchev–Trinajstić information content (AvgIpc) is 3.26. The molecular weight excluding hydrogens is 296 g/mol. The van der Waals surface area contributed by atoms with Gasteiger partial charge in [0.15, 0.2) is 0 Å². The minimum Gasteiger partial charge on any atom is -0.357 e. The molecule has 0 unspecified atom stereocenters. The first kappa shape index (κ1) is 14.2. The zero-order valence-corrected chi connectivity index (χ0v) is 13.5. The van der Waals surface area contributed by atoms with Crippen LogP contribution in [0.3, 0.4) is 0 Å². The number of hydrogen-bond donors (Lipinski definition) is 1. The Morgan fingerprint density at radius 1 is 1.14 bits per heavy atom. The molecule has 2 aromatic rings. The molecule has 0 bridgehead atoms. The highest BCUT2D eigenvalue weighted by atomic mass is 32.1. The van der Waals surface area contributed by atoms with Crippen molar-refractivity contribution in [3.8, 4) is 0 Å². The fraction of sp³-hybridized carbons (Fsp3) is 0.688. The molecule has 0 amide bonds. The molecule has 5 nitrogen and oxygen atoms in total. The molecule has 0 spiro atoms. The molecule has 4 rings (SSSR count). The van der Waals surface area contributed by atoms with Crippen LogP contribution in [0.1, 0.15) is 51.4 Å². The number of hydrogen-bond acceptors (Lipinski definition) is 5. The van der Waals surface area contributed by atoms with Gasteiger partial charge in [-0.05, 0) is 37.5 Å². The Labute approximate surface area is 133 Å². The van der Waals surface area contributed by atoms with Gasteiger partial charge in [-0.1, -0.05) is 37.0 Å². The quantitative estimate of drug-likeness (QED) is 0.939. The predicted octanol–water partition coefficient (Wildman–Crippen LogP) is 3.31. The topological polar surface area (TPSA) is 59.3 Å². The Balaban J connectivity index is 1.61. The summed E-state index contributed by atoms with van der Waals surface area (Å²) >= 11 is 1.49. The van der Waals surface area contributed by atoms with E-state index in [4.69, 9.17) is 0 Å². The van der Waals surface area contributed by atoms with Crippen LogP contribution in [0.4, 0.5) is 5.13 Å². The number of nitrogens with one attached hydrogen (secondary N) is 1. The van der Waals surface area contributed by atoms with E-state index in [-0.39, 0.29) is 5.56 Å². The van der Waals surface area contributed by atoms with Gasteiger partial charge in [0.25, 0.3) is 5.56 Å². The minimum atomic E-state index is -0.104. The van der Waals surface area contributed by atoms with Crippen LogP contribution in [0.2, 0.25) is 0 Å². The maximum atomic E-state index is 11.8. The molecule has 2 aromatic heterocycles. The Morgan fingerprint density at radius 3 is 2.36 bits per heavy atom. The molecule has 2 aliphatic carbocycles. The molecular formula is C16H22N4OS. The Hall–Kier alpha value is -1.43. The molecule has 6 heteroatoms. The van der Waals surface area contributed by atoms with Crippen molar-refractivity contribution >= 4 is 21.4 Å². The Bertz CT molecular complexity index is 681. The molecule has 2 heterocycles. The van der Waals surface area contributed by atoms with Crippen LogP contribution in [0, 0.1) is 11.8 Å². The third-order valence-electron chi connectivity index (χ3n) is 5.28. The number of anilines is 1. The lowest BCUT2D eigenvalue weighted by Crippen LogP contribution is -2.34. The van der Waals surface area contributed by atoms with E-state index in [1.165, 1.54) is 73.3 Å². The van der Waals surface area contributed by atoms with E-state index in [1.807, 2.05) is 0 Å². The molecule has 0 aromatic carbocycles. The molecule has 2 fully saturated rings. The predicted molar refractivity (Wildman–Crippen MR) is 88.5 cm³/mol. The zero-order valence-electron chi connectivity index (χ0n) is 12.7. The van der Waals surface area contributed by atoms with Crippen molar-refractivity contribution in [2.75, 3.05) is 5.32 Å². The first-order valence-electron chi connectivity index (χ1n) is 8.43. The molecule has 0 aliphatic heterocycles. The van der Waals surface area contributed by atoms with Crippen molar-refractivity contribution in [1.29, 1.82) is 0 Å². The molecule has 0 radical (unpaired) electrons. The van der Waals surface area contributed by atoms with Gasteiger partial charge in [0.1, 0.15) is 0 Å². The average molecular weight is 318 g/mol. The molecule has 22 heavy (non-hydrogen) atoms. The van der Waals surface area contributed by atoms with Crippen molar-refractivity contribution in [2.45, 2.75) is 57.4 Å². The highest BCUT2D eigenvalue weighted by molar-refractivity contribution is 7.20. The largest absolute Gasteiger partial charge is 0.357 e. The summed E-state index contributed by atoms with van der Waals surface area (Å²) in [5, 5.41) is 8.98. The summed E-state index contributed by atoms with van der Waals surface area (Å²) < 4.78 is 1.41. The van der Waals surface area contributed by atoms with E-state index < -0.39 is 0 Å². The SMILES string of the molecule is O=c1ccnc2sc(NC(C3CCCC3)C3CCCC3)nn12. The van der Waals surface area contributed by atoms with Crippen molar-refractivity contribution in [1.82, 2.24) is 14.6 Å². The fourth-order valence-corrected chi connectivity index (χ4v) is 5.02. The zero-order chi connectivity index (χ0) is 14.9. The third-order valence-corrected chi connectivity index (χ3v) is 6.13. The number of aromatic nitrogens is 3. The second-order valence-corrected chi connectivity index (χ2v) is 7.60. The second kappa shape index (κ2) is 5.99. The van der Waals surface area contributed by atoms with Crippen molar-refractivity contribution in [3.05, 3.63) is 22.6 Å². The van der Waals surface area contributed by atoms with Crippen LogP contribution < -0.4 is 10.9 Å². The van der Waals surface area contributed by atoms with E-state index >= 15 is 0 Å². The Kier molecular flexibility index (Phi) is 3.86. The van der Waals surface area contributed by atoms with Crippen LogP contribution in [0.15, 0.2) is 17.1 Å². The molecule has 0 saturated heterocycles. The summed E-state index contributed by atoms with van der Waals surface area (Å²) in [6.07, 6.45) is 12.3. The van der Waals surface area contributed by atoms with Gasteiger partial charge in [-0.25, -0.2) is 4.98 Å². The molecule has 2 aliphatic rings. The molecule has 2 saturated carbocycles.